The maximum atomic E-state index is 12.0. The normalized spacial score (nSPS) is 11.5. The van der Waals surface area contributed by atoms with E-state index in [1.54, 1.807) is 7.11 Å². The molecule has 2 aromatic carbocycles. The molecule has 140 valence electrons. The number of nitrogens with zero attached hydrogens (tertiary/aromatic N) is 1. The van der Waals surface area contributed by atoms with Gasteiger partial charge < -0.3 is 19.7 Å². The Hall–Kier alpha value is -2.69. The zero-order valence-corrected chi connectivity index (χ0v) is 15.8. The van der Waals surface area contributed by atoms with E-state index in [0.29, 0.717) is 26.0 Å². The number of rotatable bonds is 10. The van der Waals surface area contributed by atoms with Crippen molar-refractivity contribution in [2.45, 2.75) is 25.8 Å². The van der Waals surface area contributed by atoms with Gasteiger partial charge in [0, 0.05) is 31.7 Å². The summed E-state index contributed by atoms with van der Waals surface area (Å²) in [4.78, 5) is 14.2. The number of para-hydroxylation sites is 1. The molecule has 0 saturated heterocycles. The number of benzene rings is 2. The molecule has 0 heterocycles. The number of ether oxygens (including phenoxy) is 2. The Morgan fingerprint density at radius 3 is 2.38 bits per heavy atom. The highest BCUT2D eigenvalue weighted by Gasteiger charge is 2.11. The van der Waals surface area contributed by atoms with Crippen LogP contribution in [0.25, 0.3) is 0 Å². The molecule has 0 aromatic heterocycles. The van der Waals surface area contributed by atoms with Crippen LogP contribution in [-0.2, 0) is 4.79 Å². The second kappa shape index (κ2) is 10.3. The van der Waals surface area contributed by atoms with Crippen molar-refractivity contribution < 1.29 is 14.3 Å². The molecule has 1 amide bonds. The van der Waals surface area contributed by atoms with Crippen LogP contribution in [0.1, 0.15) is 19.8 Å². The van der Waals surface area contributed by atoms with Gasteiger partial charge in [-0.15, -0.1) is 0 Å². The highest BCUT2D eigenvalue weighted by molar-refractivity contribution is 5.75. The molecule has 5 nitrogen and oxygen atoms in total. The summed E-state index contributed by atoms with van der Waals surface area (Å²) in [7, 11) is 3.67. The van der Waals surface area contributed by atoms with Crippen molar-refractivity contribution in [2.24, 2.45) is 0 Å². The molecule has 0 fully saturated rings. The first kappa shape index (κ1) is 19.6. The van der Waals surface area contributed by atoms with Gasteiger partial charge in [0.25, 0.3) is 0 Å². The highest BCUT2D eigenvalue weighted by Crippen LogP contribution is 2.17. The van der Waals surface area contributed by atoms with Crippen LogP contribution in [0.2, 0.25) is 0 Å². The van der Waals surface area contributed by atoms with E-state index >= 15 is 0 Å². The number of hydrogen-bond acceptors (Lipinski definition) is 4. The predicted octanol–water partition coefficient (Wildman–Crippen LogP) is 3.50. The van der Waals surface area contributed by atoms with Gasteiger partial charge in [0.05, 0.1) is 13.7 Å². The van der Waals surface area contributed by atoms with Gasteiger partial charge >= 0.3 is 0 Å². The molecule has 2 rings (SSSR count). The molecule has 0 aliphatic heterocycles. The average molecular weight is 356 g/mol. The summed E-state index contributed by atoms with van der Waals surface area (Å²) in [6.45, 7) is 3.23. The summed E-state index contributed by atoms with van der Waals surface area (Å²) in [6, 6.07) is 17.8. The number of methoxy groups -OCH3 is 1. The van der Waals surface area contributed by atoms with Crippen molar-refractivity contribution in [2.75, 3.05) is 32.2 Å². The average Bonchev–Trinajstić information content (AvgIpc) is 2.70. The van der Waals surface area contributed by atoms with E-state index in [0.717, 1.165) is 17.2 Å². The second-order valence-corrected chi connectivity index (χ2v) is 6.23. The second-order valence-electron chi connectivity index (χ2n) is 6.23. The van der Waals surface area contributed by atoms with E-state index in [-0.39, 0.29) is 11.9 Å². The smallest absolute Gasteiger partial charge is 0.220 e. The third kappa shape index (κ3) is 6.31. The third-order valence-corrected chi connectivity index (χ3v) is 4.30. The Morgan fingerprint density at radius 2 is 1.73 bits per heavy atom. The van der Waals surface area contributed by atoms with E-state index in [1.165, 1.54) is 0 Å². The molecule has 1 atom stereocenters. The lowest BCUT2D eigenvalue weighted by atomic mass is 10.2. The molecule has 2 aromatic rings. The summed E-state index contributed by atoms with van der Waals surface area (Å²) >= 11 is 0. The van der Waals surface area contributed by atoms with Crippen molar-refractivity contribution in [3.8, 4) is 11.5 Å². The summed E-state index contributed by atoms with van der Waals surface area (Å²) in [5.74, 6) is 1.63. The highest BCUT2D eigenvalue weighted by atomic mass is 16.5. The fraction of sp³-hybridized carbons (Fsp3) is 0.381. The van der Waals surface area contributed by atoms with Crippen molar-refractivity contribution >= 4 is 11.6 Å². The van der Waals surface area contributed by atoms with Crippen LogP contribution in [0.3, 0.4) is 0 Å². The minimum Gasteiger partial charge on any atom is -0.497 e. The van der Waals surface area contributed by atoms with Gasteiger partial charge in [0.2, 0.25) is 5.91 Å². The number of hydrogen-bond donors (Lipinski definition) is 1. The molecule has 1 N–H and O–H groups in total. The monoisotopic (exact) mass is 356 g/mol. The Morgan fingerprint density at radius 1 is 1.08 bits per heavy atom. The lowest BCUT2D eigenvalue weighted by Crippen LogP contribution is -2.40. The molecular formula is C21H28N2O3. The van der Waals surface area contributed by atoms with Gasteiger partial charge in [-0.25, -0.2) is 0 Å². The predicted molar refractivity (Wildman–Crippen MR) is 105 cm³/mol. The first-order valence-electron chi connectivity index (χ1n) is 8.91. The van der Waals surface area contributed by atoms with E-state index in [4.69, 9.17) is 9.47 Å². The van der Waals surface area contributed by atoms with Gasteiger partial charge in [0.15, 0.2) is 0 Å². The van der Waals surface area contributed by atoms with Crippen LogP contribution in [-0.4, -0.2) is 39.3 Å². The van der Waals surface area contributed by atoms with Crippen LogP contribution in [0, 0.1) is 0 Å². The minimum atomic E-state index is 0.0524. The molecule has 5 heteroatoms. The van der Waals surface area contributed by atoms with Crippen LogP contribution in [0.4, 0.5) is 5.69 Å². The fourth-order valence-electron chi connectivity index (χ4n) is 2.50. The van der Waals surface area contributed by atoms with E-state index < -0.39 is 0 Å². The summed E-state index contributed by atoms with van der Waals surface area (Å²) in [5.41, 5.74) is 1.14. The number of amides is 1. The maximum Gasteiger partial charge on any atom is 0.220 e. The molecule has 0 spiro atoms. The van der Waals surface area contributed by atoms with Crippen molar-refractivity contribution in [3.63, 3.8) is 0 Å². The zero-order valence-electron chi connectivity index (χ0n) is 15.8. The van der Waals surface area contributed by atoms with Gasteiger partial charge in [-0.3, -0.25) is 4.79 Å². The molecule has 0 aliphatic carbocycles. The van der Waals surface area contributed by atoms with E-state index in [9.17, 15) is 4.79 Å². The molecule has 0 saturated carbocycles. The number of anilines is 1. The Kier molecular flexibility index (Phi) is 7.80. The molecular weight excluding hydrogens is 328 g/mol. The number of nitrogens with one attached hydrogen (secondary N) is 1. The van der Waals surface area contributed by atoms with E-state index in [2.05, 4.69) is 29.3 Å². The van der Waals surface area contributed by atoms with Crippen molar-refractivity contribution in [1.29, 1.82) is 0 Å². The van der Waals surface area contributed by atoms with Crippen LogP contribution in [0.5, 0.6) is 11.5 Å². The first-order valence-corrected chi connectivity index (χ1v) is 8.91. The SMILES string of the molecule is COc1ccc(OCCCC(=O)NCC(C)N(C)c2ccccc2)cc1. The molecule has 0 aliphatic rings. The van der Waals surface area contributed by atoms with Gasteiger partial charge in [-0.1, -0.05) is 18.2 Å². The number of carbonyl (C=O) groups excluding carboxylic acids is 1. The van der Waals surface area contributed by atoms with Crippen molar-refractivity contribution in [1.82, 2.24) is 5.32 Å². The number of likely N-dealkylation sites (N-methyl/N-ethyl adjacent to an activating group) is 1. The fourth-order valence-corrected chi connectivity index (χ4v) is 2.50. The lowest BCUT2D eigenvalue weighted by molar-refractivity contribution is -0.121. The lowest BCUT2D eigenvalue weighted by Gasteiger charge is -2.27. The van der Waals surface area contributed by atoms with Crippen LogP contribution >= 0.6 is 0 Å². The largest absolute Gasteiger partial charge is 0.497 e. The third-order valence-electron chi connectivity index (χ3n) is 4.30. The Bertz CT molecular complexity index is 659. The van der Waals surface area contributed by atoms with E-state index in [1.807, 2.05) is 49.5 Å². The maximum absolute atomic E-state index is 12.0. The topological polar surface area (TPSA) is 50.8 Å². The Balaban J connectivity index is 1.62. The molecule has 26 heavy (non-hydrogen) atoms. The van der Waals surface area contributed by atoms with Crippen LogP contribution < -0.4 is 19.7 Å². The van der Waals surface area contributed by atoms with Gasteiger partial charge in [-0.2, -0.15) is 0 Å². The standard InChI is InChI=1S/C21H28N2O3/c1-17(23(2)18-8-5-4-6-9-18)16-22-21(24)10-7-15-26-20-13-11-19(25-3)12-14-20/h4-6,8-9,11-14,17H,7,10,15-16H2,1-3H3,(H,22,24). The first-order chi connectivity index (χ1) is 12.6. The summed E-state index contributed by atoms with van der Waals surface area (Å²) in [5, 5.41) is 2.99. The van der Waals surface area contributed by atoms with Crippen molar-refractivity contribution in [3.05, 3.63) is 54.6 Å². The van der Waals surface area contributed by atoms with Gasteiger partial charge in [-0.05, 0) is 49.7 Å². The van der Waals surface area contributed by atoms with Gasteiger partial charge in [0.1, 0.15) is 11.5 Å². The summed E-state index contributed by atoms with van der Waals surface area (Å²) < 4.78 is 10.7. The molecule has 0 bridgehead atoms. The Labute approximate surface area is 155 Å². The minimum absolute atomic E-state index is 0.0524. The molecule has 0 radical (unpaired) electrons. The quantitative estimate of drug-likeness (QED) is 0.662. The van der Waals surface area contributed by atoms with Crippen LogP contribution in [0.15, 0.2) is 54.6 Å². The number of carbonyl (C=O) groups is 1. The summed E-state index contributed by atoms with van der Waals surface area (Å²) in [6.07, 6.45) is 1.14. The molecule has 1 unspecified atom stereocenters. The zero-order chi connectivity index (χ0) is 18.8.